The summed E-state index contributed by atoms with van der Waals surface area (Å²) in [5.74, 6) is 0.646. The van der Waals surface area contributed by atoms with Crippen LogP contribution in [0.3, 0.4) is 0 Å². The molecule has 0 aromatic rings. The van der Waals surface area contributed by atoms with Crippen LogP contribution in [0.5, 0.6) is 0 Å². The van der Waals surface area contributed by atoms with E-state index in [-0.39, 0.29) is 5.60 Å². The molecule has 0 spiro atoms. The zero-order valence-electron chi connectivity index (χ0n) is 9.80. The predicted octanol–water partition coefficient (Wildman–Crippen LogP) is 2.78. The van der Waals surface area contributed by atoms with Crippen molar-refractivity contribution >= 4 is 0 Å². The lowest BCUT2D eigenvalue weighted by Crippen LogP contribution is -2.34. The van der Waals surface area contributed by atoms with Gasteiger partial charge in [0.05, 0.1) is 12.2 Å². The molecule has 0 saturated carbocycles. The van der Waals surface area contributed by atoms with Gasteiger partial charge in [0, 0.05) is 14.2 Å². The highest BCUT2D eigenvalue weighted by Gasteiger charge is 2.30. The molecule has 1 aliphatic carbocycles. The smallest absolute Gasteiger partial charge is 0.0672 e. The summed E-state index contributed by atoms with van der Waals surface area (Å²) in [5.41, 5.74) is 1.45. The van der Waals surface area contributed by atoms with Crippen LogP contribution in [-0.2, 0) is 9.47 Å². The van der Waals surface area contributed by atoms with Crippen LogP contribution in [0.25, 0.3) is 0 Å². The van der Waals surface area contributed by atoms with Gasteiger partial charge in [0.25, 0.3) is 0 Å². The fourth-order valence-corrected chi connectivity index (χ4v) is 2.00. The largest absolute Gasteiger partial charge is 0.380 e. The maximum absolute atomic E-state index is 5.51. The van der Waals surface area contributed by atoms with Crippen LogP contribution in [0.2, 0.25) is 0 Å². The molecule has 0 amide bonds. The molecule has 14 heavy (non-hydrogen) atoms. The molecule has 82 valence electrons. The maximum Gasteiger partial charge on any atom is 0.0672 e. The van der Waals surface area contributed by atoms with Gasteiger partial charge in [-0.15, -0.1) is 0 Å². The monoisotopic (exact) mass is 198 g/mol. The Balaban J connectivity index is 2.50. The van der Waals surface area contributed by atoms with Crippen molar-refractivity contribution < 1.29 is 9.47 Å². The van der Waals surface area contributed by atoms with Crippen molar-refractivity contribution in [3.63, 3.8) is 0 Å². The van der Waals surface area contributed by atoms with Crippen molar-refractivity contribution in [3.05, 3.63) is 11.6 Å². The number of methoxy groups -OCH3 is 2. The average molecular weight is 198 g/mol. The average Bonchev–Trinajstić information content (AvgIpc) is 2.19. The Labute approximate surface area is 87.3 Å². The summed E-state index contributed by atoms with van der Waals surface area (Å²) >= 11 is 0. The summed E-state index contributed by atoms with van der Waals surface area (Å²) in [4.78, 5) is 0. The Morgan fingerprint density at radius 3 is 2.57 bits per heavy atom. The molecule has 0 radical (unpaired) electrons. The van der Waals surface area contributed by atoms with Crippen LogP contribution in [0.4, 0.5) is 0 Å². The van der Waals surface area contributed by atoms with Gasteiger partial charge in [-0.1, -0.05) is 6.08 Å². The van der Waals surface area contributed by atoms with Crippen molar-refractivity contribution in [3.8, 4) is 0 Å². The molecule has 1 rings (SSSR count). The standard InChI is InChI=1S/C12H22O2/c1-12(2,14-4)11-7-5-10(6-8-11)9-13-3/h5,11H,6-9H2,1-4H3. The highest BCUT2D eigenvalue weighted by Crippen LogP contribution is 2.33. The first kappa shape index (κ1) is 11.7. The lowest BCUT2D eigenvalue weighted by Gasteiger charge is -2.35. The lowest BCUT2D eigenvalue weighted by atomic mass is 9.79. The van der Waals surface area contributed by atoms with E-state index in [2.05, 4.69) is 19.9 Å². The van der Waals surface area contributed by atoms with E-state index < -0.39 is 0 Å². The van der Waals surface area contributed by atoms with Gasteiger partial charge in [0.1, 0.15) is 0 Å². The molecular weight excluding hydrogens is 176 g/mol. The Kier molecular flexibility index (Phi) is 4.14. The van der Waals surface area contributed by atoms with Crippen LogP contribution >= 0.6 is 0 Å². The molecule has 0 aromatic carbocycles. The number of hydrogen-bond donors (Lipinski definition) is 0. The van der Waals surface area contributed by atoms with Crippen LogP contribution in [-0.4, -0.2) is 26.4 Å². The zero-order valence-corrected chi connectivity index (χ0v) is 9.80. The molecule has 1 unspecified atom stereocenters. The van der Waals surface area contributed by atoms with Gasteiger partial charge in [-0.3, -0.25) is 0 Å². The van der Waals surface area contributed by atoms with E-state index in [4.69, 9.17) is 9.47 Å². The third-order valence-corrected chi connectivity index (χ3v) is 3.34. The van der Waals surface area contributed by atoms with Gasteiger partial charge in [0.2, 0.25) is 0 Å². The fraction of sp³-hybridized carbons (Fsp3) is 0.833. The summed E-state index contributed by atoms with van der Waals surface area (Å²) in [6, 6.07) is 0. The highest BCUT2D eigenvalue weighted by atomic mass is 16.5. The second-order valence-corrected chi connectivity index (χ2v) is 4.57. The predicted molar refractivity (Wildman–Crippen MR) is 58.4 cm³/mol. The second kappa shape index (κ2) is 4.94. The van der Waals surface area contributed by atoms with Crippen molar-refractivity contribution in [2.24, 2.45) is 5.92 Å². The molecule has 1 aliphatic rings. The number of ether oxygens (including phenoxy) is 2. The van der Waals surface area contributed by atoms with E-state index >= 15 is 0 Å². The molecule has 2 heteroatoms. The molecule has 0 aromatic heterocycles. The van der Waals surface area contributed by atoms with Crippen molar-refractivity contribution in [1.82, 2.24) is 0 Å². The first-order valence-electron chi connectivity index (χ1n) is 5.32. The van der Waals surface area contributed by atoms with Gasteiger partial charge in [-0.2, -0.15) is 0 Å². The molecule has 0 fully saturated rings. The Morgan fingerprint density at radius 2 is 2.14 bits per heavy atom. The lowest BCUT2D eigenvalue weighted by molar-refractivity contribution is -0.0316. The van der Waals surface area contributed by atoms with Crippen molar-refractivity contribution in [2.75, 3.05) is 20.8 Å². The van der Waals surface area contributed by atoms with E-state index in [0.29, 0.717) is 5.92 Å². The van der Waals surface area contributed by atoms with Crippen LogP contribution in [0, 0.1) is 5.92 Å². The topological polar surface area (TPSA) is 18.5 Å². The molecule has 0 N–H and O–H groups in total. The minimum atomic E-state index is 0.00903. The first-order valence-corrected chi connectivity index (χ1v) is 5.32. The third-order valence-electron chi connectivity index (χ3n) is 3.34. The molecule has 0 aliphatic heterocycles. The highest BCUT2D eigenvalue weighted by molar-refractivity contribution is 5.08. The van der Waals surface area contributed by atoms with Crippen molar-refractivity contribution in [2.45, 2.75) is 38.7 Å². The van der Waals surface area contributed by atoms with Gasteiger partial charge in [-0.05, 0) is 44.6 Å². The van der Waals surface area contributed by atoms with Crippen LogP contribution < -0.4 is 0 Å². The Morgan fingerprint density at radius 1 is 1.43 bits per heavy atom. The second-order valence-electron chi connectivity index (χ2n) is 4.57. The number of rotatable bonds is 4. The molecule has 0 bridgehead atoms. The van der Waals surface area contributed by atoms with E-state index in [1.54, 1.807) is 14.2 Å². The van der Waals surface area contributed by atoms with Gasteiger partial charge in [-0.25, -0.2) is 0 Å². The summed E-state index contributed by atoms with van der Waals surface area (Å²) in [7, 11) is 3.56. The van der Waals surface area contributed by atoms with Crippen molar-refractivity contribution in [1.29, 1.82) is 0 Å². The van der Waals surface area contributed by atoms with Gasteiger partial charge >= 0.3 is 0 Å². The summed E-state index contributed by atoms with van der Waals surface area (Å²) in [6.45, 7) is 5.14. The van der Waals surface area contributed by atoms with E-state index in [1.165, 1.54) is 12.0 Å². The quantitative estimate of drug-likeness (QED) is 0.647. The number of hydrogen-bond acceptors (Lipinski definition) is 2. The van der Waals surface area contributed by atoms with E-state index in [0.717, 1.165) is 19.4 Å². The molecular formula is C12H22O2. The van der Waals surface area contributed by atoms with Crippen LogP contribution in [0.15, 0.2) is 11.6 Å². The maximum atomic E-state index is 5.51. The molecule has 1 atom stereocenters. The van der Waals surface area contributed by atoms with Crippen LogP contribution in [0.1, 0.15) is 33.1 Å². The molecule has 0 saturated heterocycles. The molecule has 0 heterocycles. The zero-order chi connectivity index (χ0) is 10.6. The SMILES string of the molecule is COCC1=CCC(C(C)(C)OC)CC1. The fourth-order valence-electron chi connectivity index (χ4n) is 2.00. The minimum absolute atomic E-state index is 0.00903. The van der Waals surface area contributed by atoms with Gasteiger partial charge in [0.15, 0.2) is 0 Å². The summed E-state index contributed by atoms with van der Waals surface area (Å²) in [6.07, 6.45) is 5.82. The number of allylic oxidation sites excluding steroid dienone is 1. The van der Waals surface area contributed by atoms with Gasteiger partial charge < -0.3 is 9.47 Å². The van der Waals surface area contributed by atoms with E-state index in [9.17, 15) is 0 Å². The summed E-state index contributed by atoms with van der Waals surface area (Å²) in [5, 5.41) is 0. The molecule has 2 nitrogen and oxygen atoms in total. The normalized spacial score (nSPS) is 23.4. The summed E-state index contributed by atoms with van der Waals surface area (Å²) < 4.78 is 10.6. The Bertz CT molecular complexity index is 206. The third kappa shape index (κ3) is 2.82. The Hall–Kier alpha value is -0.340. The first-order chi connectivity index (χ1) is 6.60. The van der Waals surface area contributed by atoms with E-state index in [1.807, 2.05) is 0 Å². The minimum Gasteiger partial charge on any atom is -0.380 e.